The van der Waals surface area contributed by atoms with Crippen LogP contribution in [0, 0.1) is 11.3 Å². The van der Waals surface area contributed by atoms with Crippen molar-refractivity contribution in [1.29, 1.82) is 5.26 Å². The van der Waals surface area contributed by atoms with Crippen LogP contribution in [0.4, 0.5) is 0 Å². The first-order valence-electron chi connectivity index (χ1n) is 8.88. The second kappa shape index (κ2) is 8.09. The van der Waals surface area contributed by atoms with Crippen LogP contribution in [0.25, 0.3) is 17.4 Å². The zero-order valence-corrected chi connectivity index (χ0v) is 15.9. The number of nitriles is 1. The quantitative estimate of drug-likeness (QED) is 0.477. The molecule has 0 aliphatic carbocycles. The molecule has 0 atom stereocenters. The number of rotatable bonds is 5. The molecule has 146 valence electrons. The predicted molar refractivity (Wildman–Crippen MR) is 104 cm³/mol. The summed E-state index contributed by atoms with van der Waals surface area (Å²) in [5.74, 6) is -0.430. The average molecular weight is 390 g/mol. The molecule has 0 bridgehead atoms. The number of Topliss-reactive ketones (excluding diaryl/α,β-unsaturated/α-hetero) is 1. The molecule has 2 heterocycles. The van der Waals surface area contributed by atoms with E-state index in [0.717, 1.165) is 10.5 Å². The van der Waals surface area contributed by atoms with Crippen molar-refractivity contribution in [3.8, 4) is 17.4 Å². The molecule has 2 aromatic rings. The Morgan fingerprint density at radius 1 is 1.17 bits per heavy atom. The smallest absolute Gasteiger partial charge is 0.271 e. The molecule has 1 aliphatic rings. The molecule has 0 fully saturated rings. The van der Waals surface area contributed by atoms with E-state index in [1.165, 1.54) is 19.9 Å². The summed E-state index contributed by atoms with van der Waals surface area (Å²) >= 11 is 0. The van der Waals surface area contributed by atoms with Crippen LogP contribution in [0.2, 0.25) is 0 Å². The number of nitrogens with zero attached hydrogens (tertiary/aromatic N) is 2. The molecule has 0 saturated heterocycles. The third kappa shape index (κ3) is 3.79. The number of hydrogen-bond acceptors (Lipinski definition) is 6. The van der Waals surface area contributed by atoms with Crippen molar-refractivity contribution in [3.63, 3.8) is 0 Å². The van der Waals surface area contributed by atoms with E-state index in [0.29, 0.717) is 17.1 Å². The number of hydrogen-bond donors (Lipinski definition) is 1. The molecule has 3 rings (SSSR count). The highest BCUT2D eigenvalue weighted by atomic mass is 16.3. The van der Waals surface area contributed by atoms with Gasteiger partial charge in [0.2, 0.25) is 0 Å². The zero-order valence-electron chi connectivity index (χ0n) is 15.9. The molecular formula is C22H18N2O5. The van der Waals surface area contributed by atoms with Crippen molar-refractivity contribution < 1.29 is 23.9 Å². The fraction of sp³-hybridized carbons (Fsp3) is 0.182. The molecule has 0 spiro atoms. The van der Waals surface area contributed by atoms with Crippen molar-refractivity contribution in [2.24, 2.45) is 0 Å². The Kier molecular flexibility index (Phi) is 5.57. The van der Waals surface area contributed by atoms with Gasteiger partial charge in [-0.25, -0.2) is 0 Å². The lowest BCUT2D eigenvalue weighted by atomic mass is 9.95. The van der Waals surface area contributed by atoms with Crippen LogP contribution < -0.4 is 0 Å². The minimum atomic E-state index is -0.716. The Bertz CT molecular complexity index is 1100. The first-order valence-corrected chi connectivity index (χ1v) is 8.88. The number of imide groups is 1. The van der Waals surface area contributed by atoms with Crippen molar-refractivity contribution >= 4 is 23.7 Å². The molecule has 2 amide bonds. The van der Waals surface area contributed by atoms with Gasteiger partial charge >= 0.3 is 0 Å². The lowest BCUT2D eigenvalue weighted by molar-refractivity contribution is -0.140. The van der Waals surface area contributed by atoms with Gasteiger partial charge in [-0.1, -0.05) is 24.3 Å². The minimum absolute atomic E-state index is 0.0326. The highest BCUT2D eigenvalue weighted by Crippen LogP contribution is 2.29. The van der Waals surface area contributed by atoms with E-state index < -0.39 is 18.4 Å². The van der Waals surface area contributed by atoms with Crippen molar-refractivity contribution in [2.75, 3.05) is 13.2 Å². The Hall–Kier alpha value is -3.76. The second-order valence-corrected chi connectivity index (χ2v) is 6.49. The van der Waals surface area contributed by atoms with E-state index in [1.54, 1.807) is 36.4 Å². The van der Waals surface area contributed by atoms with Gasteiger partial charge in [0.05, 0.1) is 13.2 Å². The summed E-state index contributed by atoms with van der Waals surface area (Å²) in [4.78, 5) is 37.2. The first kappa shape index (κ1) is 20.0. The normalized spacial score (nSPS) is 15.8. The number of aliphatic hydroxyl groups excluding tert-OH is 1. The van der Waals surface area contributed by atoms with Crippen LogP contribution in [-0.4, -0.2) is 40.8 Å². The topological polar surface area (TPSA) is 112 Å². The molecule has 29 heavy (non-hydrogen) atoms. The van der Waals surface area contributed by atoms with Gasteiger partial charge in [-0.3, -0.25) is 19.3 Å². The standard InChI is InChI=1S/C22H18N2O5/c1-13-18(21(27)24(9-10-25)22(28)19(13)12-23)11-17-7-8-20(29-17)16-5-3-15(4-6-16)14(2)26/h3-8,11,25H,9-10H2,1-2H3/b18-11+. The number of aliphatic hydroxyl groups is 1. The highest BCUT2D eigenvalue weighted by molar-refractivity contribution is 6.19. The number of β-amino-alcohol motifs (C(OH)–C–C–N with tert-alkyl or cyclic N) is 1. The number of ketones is 1. The largest absolute Gasteiger partial charge is 0.457 e. The maximum atomic E-state index is 12.7. The van der Waals surface area contributed by atoms with E-state index in [4.69, 9.17) is 9.52 Å². The molecule has 1 aromatic carbocycles. The summed E-state index contributed by atoms with van der Waals surface area (Å²) in [5.41, 5.74) is 1.63. The molecule has 7 nitrogen and oxygen atoms in total. The third-order valence-electron chi connectivity index (χ3n) is 4.64. The monoisotopic (exact) mass is 390 g/mol. The molecule has 0 unspecified atom stereocenters. The summed E-state index contributed by atoms with van der Waals surface area (Å²) in [6, 6.07) is 12.2. The van der Waals surface area contributed by atoms with Crippen LogP contribution in [-0.2, 0) is 9.59 Å². The number of amides is 2. The van der Waals surface area contributed by atoms with Gasteiger partial charge in [0.25, 0.3) is 11.8 Å². The van der Waals surface area contributed by atoms with E-state index in [9.17, 15) is 19.6 Å². The number of carbonyl (C=O) groups excluding carboxylic acids is 3. The number of carbonyl (C=O) groups is 3. The van der Waals surface area contributed by atoms with E-state index in [2.05, 4.69) is 0 Å². The fourth-order valence-corrected chi connectivity index (χ4v) is 3.03. The lowest BCUT2D eigenvalue weighted by Gasteiger charge is -2.26. The van der Waals surface area contributed by atoms with Crippen molar-refractivity contribution in [1.82, 2.24) is 4.90 Å². The van der Waals surface area contributed by atoms with Gasteiger partial charge in [-0.05, 0) is 37.6 Å². The highest BCUT2D eigenvalue weighted by Gasteiger charge is 2.35. The van der Waals surface area contributed by atoms with E-state index in [-0.39, 0.29) is 29.0 Å². The van der Waals surface area contributed by atoms with E-state index >= 15 is 0 Å². The van der Waals surface area contributed by atoms with Gasteiger partial charge < -0.3 is 9.52 Å². The van der Waals surface area contributed by atoms with Crippen LogP contribution in [0.1, 0.15) is 30.0 Å². The summed E-state index contributed by atoms with van der Waals surface area (Å²) in [5, 5.41) is 18.4. The zero-order chi connectivity index (χ0) is 21.1. The Labute approximate surface area is 167 Å². The Balaban J connectivity index is 1.98. The van der Waals surface area contributed by atoms with E-state index in [1.807, 2.05) is 6.07 Å². The molecule has 1 aromatic heterocycles. The number of furan rings is 1. The number of benzene rings is 1. The molecule has 7 heteroatoms. The van der Waals surface area contributed by atoms with Crippen molar-refractivity contribution in [3.05, 3.63) is 64.4 Å². The third-order valence-corrected chi connectivity index (χ3v) is 4.64. The molecule has 0 saturated carbocycles. The van der Waals surface area contributed by atoms with Crippen molar-refractivity contribution in [2.45, 2.75) is 13.8 Å². The molecule has 1 aliphatic heterocycles. The predicted octanol–water partition coefficient (Wildman–Crippen LogP) is 2.73. The SMILES string of the molecule is CC(=O)c1ccc(-c2ccc(/C=C3/C(=O)N(CCO)C(=O)C(C#N)=C3C)o2)cc1. The van der Waals surface area contributed by atoms with Gasteiger partial charge in [-0.2, -0.15) is 5.26 Å². The average Bonchev–Trinajstić information content (AvgIpc) is 3.18. The summed E-state index contributed by atoms with van der Waals surface area (Å²) < 4.78 is 5.79. The summed E-state index contributed by atoms with van der Waals surface area (Å²) in [7, 11) is 0. The lowest BCUT2D eigenvalue weighted by Crippen LogP contribution is -2.44. The van der Waals surface area contributed by atoms with Gasteiger partial charge in [-0.15, -0.1) is 0 Å². The van der Waals surface area contributed by atoms with Crippen LogP contribution in [0.5, 0.6) is 0 Å². The Morgan fingerprint density at radius 2 is 1.86 bits per heavy atom. The maximum Gasteiger partial charge on any atom is 0.271 e. The fourth-order valence-electron chi connectivity index (χ4n) is 3.03. The van der Waals surface area contributed by atoms with Crippen LogP contribution in [0.15, 0.2) is 57.5 Å². The second-order valence-electron chi connectivity index (χ2n) is 6.49. The van der Waals surface area contributed by atoms with Gasteiger partial charge in [0, 0.05) is 16.7 Å². The minimum Gasteiger partial charge on any atom is -0.457 e. The Morgan fingerprint density at radius 3 is 2.45 bits per heavy atom. The first-order chi connectivity index (χ1) is 13.9. The van der Waals surface area contributed by atoms with Gasteiger partial charge in [0.1, 0.15) is 23.2 Å². The molecule has 1 N–H and O–H groups in total. The molecule has 0 radical (unpaired) electrons. The summed E-state index contributed by atoms with van der Waals surface area (Å²) in [6.07, 6.45) is 1.47. The van der Waals surface area contributed by atoms with Crippen LogP contribution >= 0.6 is 0 Å². The van der Waals surface area contributed by atoms with Crippen LogP contribution in [0.3, 0.4) is 0 Å². The van der Waals surface area contributed by atoms with Gasteiger partial charge in [0.15, 0.2) is 5.78 Å². The summed E-state index contributed by atoms with van der Waals surface area (Å²) in [6.45, 7) is 2.42. The maximum absolute atomic E-state index is 12.7. The molecular weight excluding hydrogens is 372 g/mol.